The molecule has 1 atom stereocenters. The van der Waals surface area contributed by atoms with Gasteiger partial charge < -0.3 is 9.47 Å². The minimum absolute atomic E-state index is 0.139. The summed E-state index contributed by atoms with van der Waals surface area (Å²) in [5.74, 6) is 0.139. The molecule has 0 aromatic heterocycles. The van der Waals surface area contributed by atoms with E-state index in [0.29, 0.717) is 24.6 Å². The number of hydrogen-bond donors (Lipinski definition) is 0. The van der Waals surface area contributed by atoms with Gasteiger partial charge in [-0.1, -0.05) is 12.1 Å². The van der Waals surface area contributed by atoms with E-state index in [2.05, 4.69) is 30.5 Å². The second kappa shape index (κ2) is 10.1. The Morgan fingerprint density at radius 3 is 2.57 bits per heavy atom. The van der Waals surface area contributed by atoms with Gasteiger partial charge in [-0.05, 0) is 86.2 Å². The zero-order chi connectivity index (χ0) is 21.7. The van der Waals surface area contributed by atoms with Crippen LogP contribution < -0.4 is 4.74 Å². The number of rotatable bonds is 8. The summed E-state index contributed by atoms with van der Waals surface area (Å²) in [4.78, 5) is 14.1. The number of halogens is 2. The number of carbonyl (C=O) groups excluding carboxylic acids is 1. The highest BCUT2D eigenvalue weighted by Gasteiger charge is 2.21. The largest absolute Gasteiger partial charge is 0.435 e. The molecule has 1 aliphatic heterocycles. The third kappa shape index (κ3) is 5.43. The number of nitrogens with zero attached hydrogens (tertiary/aromatic N) is 1. The Labute approximate surface area is 176 Å². The predicted octanol–water partition coefficient (Wildman–Crippen LogP) is 4.92. The van der Waals surface area contributed by atoms with Crippen LogP contribution in [0.2, 0.25) is 0 Å². The lowest BCUT2D eigenvalue weighted by Gasteiger charge is -2.32. The van der Waals surface area contributed by atoms with E-state index < -0.39 is 6.61 Å². The molecule has 0 aliphatic carbocycles. The van der Waals surface area contributed by atoms with Crippen molar-refractivity contribution in [1.29, 1.82) is 0 Å². The first kappa shape index (κ1) is 22.4. The van der Waals surface area contributed by atoms with Crippen molar-refractivity contribution in [3.63, 3.8) is 0 Å². The van der Waals surface area contributed by atoms with Crippen LogP contribution in [0.5, 0.6) is 5.75 Å². The SMILES string of the molecule is Cc1c(Cc2ccc(OC(F)F)cc2)cc(C=O)c(CN(C)C2CCCOC2)c1C. The standard InChI is InChI=1S/C24H29F2NO3/c1-16-17(2)23(13-27(3)21-5-4-10-29-15-21)20(14-28)12-19(16)11-18-6-8-22(9-7-18)30-24(25)26/h6-9,12,14,21,24H,4-5,10-11,13,15H2,1-3H3. The van der Waals surface area contributed by atoms with Crippen molar-refractivity contribution in [2.45, 2.75) is 52.3 Å². The number of likely N-dealkylation sites (N-methyl/N-ethyl adjacent to an activating group) is 1. The number of alkyl halides is 2. The van der Waals surface area contributed by atoms with Gasteiger partial charge in [0.05, 0.1) is 6.61 Å². The molecule has 4 nitrogen and oxygen atoms in total. The maximum Gasteiger partial charge on any atom is 0.387 e. The van der Waals surface area contributed by atoms with Gasteiger partial charge in [-0.3, -0.25) is 9.69 Å². The zero-order valence-corrected chi connectivity index (χ0v) is 17.8. The van der Waals surface area contributed by atoms with Crippen LogP contribution in [-0.2, 0) is 17.7 Å². The minimum atomic E-state index is -2.83. The molecule has 0 saturated carbocycles. The number of benzene rings is 2. The lowest BCUT2D eigenvalue weighted by Crippen LogP contribution is -2.38. The quantitative estimate of drug-likeness (QED) is 0.572. The fraction of sp³-hybridized carbons (Fsp3) is 0.458. The van der Waals surface area contributed by atoms with Crippen molar-refractivity contribution in [3.05, 3.63) is 63.7 Å². The van der Waals surface area contributed by atoms with Crippen LogP contribution in [0.3, 0.4) is 0 Å². The lowest BCUT2D eigenvalue weighted by atomic mass is 9.90. The summed E-state index contributed by atoms with van der Waals surface area (Å²) in [6, 6.07) is 8.96. The number of aldehydes is 1. The van der Waals surface area contributed by atoms with Crippen LogP contribution in [0.25, 0.3) is 0 Å². The third-order valence-electron chi connectivity index (χ3n) is 6.01. The maximum absolute atomic E-state index is 12.3. The molecular weight excluding hydrogens is 388 g/mol. The monoisotopic (exact) mass is 417 g/mol. The molecule has 1 saturated heterocycles. The predicted molar refractivity (Wildman–Crippen MR) is 112 cm³/mol. The van der Waals surface area contributed by atoms with E-state index in [9.17, 15) is 13.6 Å². The van der Waals surface area contributed by atoms with Crippen LogP contribution in [0, 0.1) is 13.8 Å². The van der Waals surface area contributed by atoms with Gasteiger partial charge in [-0.25, -0.2) is 0 Å². The van der Waals surface area contributed by atoms with Crippen molar-refractivity contribution >= 4 is 6.29 Å². The van der Waals surface area contributed by atoms with E-state index in [0.717, 1.165) is 60.2 Å². The number of ether oxygens (including phenoxy) is 2. The molecule has 30 heavy (non-hydrogen) atoms. The van der Waals surface area contributed by atoms with Gasteiger partial charge in [0.25, 0.3) is 0 Å². The molecule has 1 unspecified atom stereocenters. The molecule has 0 amide bonds. The summed E-state index contributed by atoms with van der Waals surface area (Å²) >= 11 is 0. The highest BCUT2D eigenvalue weighted by molar-refractivity contribution is 5.79. The molecule has 0 radical (unpaired) electrons. The van der Waals surface area contributed by atoms with Crippen molar-refractivity contribution < 1.29 is 23.0 Å². The highest BCUT2D eigenvalue weighted by atomic mass is 19.3. The van der Waals surface area contributed by atoms with Crippen LogP contribution in [-0.4, -0.2) is 44.1 Å². The second-order valence-corrected chi connectivity index (χ2v) is 7.96. The Bertz CT molecular complexity index is 862. The normalized spacial score (nSPS) is 16.8. The molecule has 1 fully saturated rings. The molecule has 0 spiro atoms. The molecule has 6 heteroatoms. The molecule has 1 aliphatic rings. The second-order valence-electron chi connectivity index (χ2n) is 7.96. The third-order valence-corrected chi connectivity index (χ3v) is 6.01. The van der Waals surface area contributed by atoms with Crippen LogP contribution in [0.1, 0.15) is 51.0 Å². The van der Waals surface area contributed by atoms with E-state index in [4.69, 9.17) is 4.74 Å². The first-order valence-electron chi connectivity index (χ1n) is 10.3. The summed E-state index contributed by atoms with van der Waals surface area (Å²) in [5, 5.41) is 0. The molecule has 2 aromatic carbocycles. The van der Waals surface area contributed by atoms with E-state index in [1.807, 2.05) is 6.07 Å². The fourth-order valence-corrected chi connectivity index (χ4v) is 4.02. The van der Waals surface area contributed by atoms with Gasteiger partial charge in [0.2, 0.25) is 0 Å². The van der Waals surface area contributed by atoms with Gasteiger partial charge >= 0.3 is 6.61 Å². The topological polar surface area (TPSA) is 38.8 Å². The highest BCUT2D eigenvalue weighted by Crippen LogP contribution is 2.27. The van der Waals surface area contributed by atoms with Gasteiger partial charge in [-0.2, -0.15) is 8.78 Å². The van der Waals surface area contributed by atoms with E-state index in [-0.39, 0.29) is 5.75 Å². The van der Waals surface area contributed by atoms with Gasteiger partial charge in [0, 0.05) is 24.8 Å². The molecule has 1 heterocycles. The Hall–Kier alpha value is -2.31. The van der Waals surface area contributed by atoms with E-state index in [1.165, 1.54) is 0 Å². The fourth-order valence-electron chi connectivity index (χ4n) is 4.02. The molecular formula is C24H29F2NO3. The van der Waals surface area contributed by atoms with Crippen molar-refractivity contribution in [1.82, 2.24) is 4.90 Å². The van der Waals surface area contributed by atoms with Gasteiger partial charge in [0.1, 0.15) is 12.0 Å². The Balaban J connectivity index is 1.80. The van der Waals surface area contributed by atoms with Crippen molar-refractivity contribution in [3.8, 4) is 5.75 Å². The van der Waals surface area contributed by atoms with Crippen LogP contribution >= 0.6 is 0 Å². The number of carbonyl (C=O) groups is 1. The van der Waals surface area contributed by atoms with Crippen LogP contribution in [0.4, 0.5) is 8.78 Å². The summed E-state index contributed by atoms with van der Waals surface area (Å²) in [6.45, 7) is 3.56. The van der Waals surface area contributed by atoms with E-state index >= 15 is 0 Å². The van der Waals surface area contributed by atoms with Crippen molar-refractivity contribution in [2.75, 3.05) is 20.3 Å². The molecule has 0 bridgehead atoms. The van der Waals surface area contributed by atoms with Gasteiger partial charge in [0.15, 0.2) is 0 Å². The van der Waals surface area contributed by atoms with Crippen molar-refractivity contribution in [2.24, 2.45) is 0 Å². The molecule has 0 N–H and O–H groups in total. The molecule has 162 valence electrons. The Kier molecular flexibility index (Phi) is 7.56. The van der Waals surface area contributed by atoms with E-state index in [1.54, 1.807) is 24.3 Å². The Morgan fingerprint density at radius 2 is 1.97 bits per heavy atom. The maximum atomic E-state index is 12.3. The average molecular weight is 417 g/mol. The van der Waals surface area contributed by atoms with Gasteiger partial charge in [-0.15, -0.1) is 0 Å². The lowest BCUT2D eigenvalue weighted by molar-refractivity contribution is -0.0498. The summed E-state index contributed by atoms with van der Waals surface area (Å²) in [5.41, 5.74) is 6.06. The smallest absolute Gasteiger partial charge is 0.387 e. The minimum Gasteiger partial charge on any atom is -0.435 e. The molecule has 3 rings (SSSR count). The average Bonchev–Trinajstić information content (AvgIpc) is 2.74. The first-order valence-corrected chi connectivity index (χ1v) is 10.3. The Morgan fingerprint density at radius 1 is 1.23 bits per heavy atom. The summed E-state index contributed by atoms with van der Waals surface area (Å²) < 4.78 is 34.7. The number of hydrogen-bond acceptors (Lipinski definition) is 4. The zero-order valence-electron chi connectivity index (χ0n) is 17.8. The molecule has 2 aromatic rings. The summed E-state index contributed by atoms with van der Waals surface area (Å²) in [6.07, 6.45) is 3.72. The van der Waals surface area contributed by atoms with Crippen LogP contribution in [0.15, 0.2) is 30.3 Å². The summed E-state index contributed by atoms with van der Waals surface area (Å²) in [7, 11) is 2.08. The first-order chi connectivity index (χ1) is 14.4.